The average molecular weight is 263 g/mol. The summed E-state index contributed by atoms with van der Waals surface area (Å²) in [5.74, 6) is 0.984. The summed E-state index contributed by atoms with van der Waals surface area (Å²) in [7, 11) is -1.74. The lowest BCUT2D eigenvalue weighted by Crippen LogP contribution is -2.47. The SMILES string of the molecule is CC(C)CC(CN)NS(=O)(=O)N(C)CC1CC1. The molecule has 1 rings (SSSR count). The van der Waals surface area contributed by atoms with Gasteiger partial charge in [0.15, 0.2) is 0 Å². The maximum atomic E-state index is 12.0. The largest absolute Gasteiger partial charge is 0.329 e. The van der Waals surface area contributed by atoms with E-state index in [2.05, 4.69) is 18.6 Å². The Morgan fingerprint density at radius 3 is 2.41 bits per heavy atom. The van der Waals surface area contributed by atoms with Crippen molar-refractivity contribution < 1.29 is 8.42 Å². The van der Waals surface area contributed by atoms with E-state index >= 15 is 0 Å². The van der Waals surface area contributed by atoms with Gasteiger partial charge in [-0.1, -0.05) is 13.8 Å². The van der Waals surface area contributed by atoms with Gasteiger partial charge in [-0.2, -0.15) is 17.4 Å². The molecule has 1 unspecified atom stereocenters. The van der Waals surface area contributed by atoms with Crippen molar-refractivity contribution in [3.05, 3.63) is 0 Å². The Morgan fingerprint density at radius 2 is 2.00 bits per heavy atom. The van der Waals surface area contributed by atoms with Crippen LogP contribution in [0, 0.1) is 11.8 Å². The van der Waals surface area contributed by atoms with Crippen molar-refractivity contribution in [1.29, 1.82) is 0 Å². The van der Waals surface area contributed by atoms with Gasteiger partial charge in [0.1, 0.15) is 0 Å². The van der Waals surface area contributed by atoms with Crippen LogP contribution in [0.15, 0.2) is 0 Å². The molecule has 1 saturated carbocycles. The number of nitrogens with zero attached hydrogens (tertiary/aromatic N) is 1. The minimum absolute atomic E-state index is 0.165. The van der Waals surface area contributed by atoms with Gasteiger partial charge in [0.25, 0.3) is 10.2 Å². The normalized spacial score (nSPS) is 18.9. The smallest absolute Gasteiger partial charge is 0.279 e. The van der Waals surface area contributed by atoms with Gasteiger partial charge in [-0.05, 0) is 31.1 Å². The van der Waals surface area contributed by atoms with Crippen LogP contribution < -0.4 is 10.5 Å². The molecule has 0 amide bonds. The van der Waals surface area contributed by atoms with Crippen LogP contribution in [-0.2, 0) is 10.2 Å². The first kappa shape index (κ1) is 14.9. The van der Waals surface area contributed by atoms with Gasteiger partial charge < -0.3 is 5.73 Å². The third-order valence-corrected chi connectivity index (χ3v) is 4.58. The van der Waals surface area contributed by atoms with E-state index < -0.39 is 10.2 Å². The number of hydrogen-bond donors (Lipinski definition) is 2. The summed E-state index contributed by atoms with van der Waals surface area (Å²) in [4.78, 5) is 0. The Labute approximate surface area is 105 Å². The van der Waals surface area contributed by atoms with Crippen molar-refractivity contribution in [1.82, 2.24) is 9.03 Å². The van der Waals surface area contributed by atoms with Crippen LogP contribution in [0.2, 0.25) is 0 Å². The van der Waals surface area contributed by atoms with Crippen molar-refractivity contribution in [3.63, 3.8) is 0 Å². The van der Waals surface area contributed by atoms with Crippen LogP contribution in [-0.4, -0.2) is 38.9 Å². The minimum atomic E-state index is -3.37. The van der Waals surface area contributed by atoms with Crippen LogP contribution in [0.3, 0.4) is 0 Å². The van der Waals surface area contributed by atoms with Crippen molar-refractivity contribution >= 4 is 10.2 Å². The van der Waals surface area contributed by atoms with Crippen molar-refractivity contribution in [3.8, 4) is 0 Å². The Kier molecular flexibility index (Phi) is 5.37. The highest BCUT2D eigenvalue weighted by Crippen LogP contribution is 2.29. The van der Waals surface area contributed by atoms with E-state index in [0.29, 0.717) is 24.9 Å². The lowest BCUT2D eigenvalue weighted by Gasteiger charge is -2.23. The van der Waals surface area contributed by atoms with Crippen molar-refractivity contribution in [2.45, 2.75) is 39.2 Å². The first-order chi connectivity index (χ1) is 7.85. The zero-order chi connectivity index (χ0) is 13.1. The van der Waals surface area contributed by atoms with Gasteiger partial charge in [-0.25, -0.2) is 0 Å². The molecule has 0 aromatic heterocycles. The first-order valence-corrected chi connectivity index (χ1v) is 7.72. The van der Waals surface area contributed by atoms with Crippen molar-refractivity contribution in [2.24, 2.45) is 17.6 Å². The molecule has 1 fully saturated rings. The average Bonchev–Trinajstić information content (AvgIpc) is 2.99. The lowest BCUT2D eigenvalue weighted by atomic mass is 10.1. The predicted octanol–water partition coefficient (Wildman–Crippen LogP) is 0.536. The van der Waals surface area contributed by atoms with Crippen LogP contribution in [0.1, 0.15) is 33.1 Å². The standard InChI is InChI=1S/C11H25N3O2S/c1-9(2)6-11(7-12)13-17(15,16)14(3)8-10-4-5-10/h9-11,13H,4-8,12H2,1-3H3. The summed E-state index contributed by atoms with van der Waals surface area (Å²) in [6, 6.07) is -0.165. The summed E-state index contributed by atoms with van der Waals surface area (Å²) >= 11 is 0. The fourth-order valence-corrected chi connectivity index (χ4v) is 3.02. The molecule has 1 aliphatic carbocycles. The molecule has 17 heavy (non-hydrogen) atoms. The molecule has 3 N–H and O–H groups in total. The molecule has 0 aromatic rings. The second-order valence-electron chi connectivity index (χ2n) is 5.41. The lowest BCUT2D eigenvalue weighted by molar-refractivity contribution is 0.414. The number of rotatable bonds is 8. The predicted molar refractivity (Wildman–Crippen MR) is 69.7 cm³/mol. The Bertz CT molecular complexity index is 326. The summed E-state index contributed by atoms with van der Waals surface area (Å²) in [6.45, 7) is 5.08. The van der Waals surface area contributed by atoms with E-state index in [4.69, 9.17) is 5.73 Å². The third kappa shape index (κ3) is 5.33. The molecular weight excluding hydrogens is 238 g/mol. The highest BCUT2D eigenvalue weighted by molar-refractivity contribution is 7.87. The number of hydrogen-bond acceptors (Lipinski definition) is 3. The zero-order valence-electron chi connectivity index (χ0n) is 11.0. The molecule has 0 bridgehead atoms. The number of nitrogens with two attached hydrogens (primary N) is 1. The summed E-state index contributed by atoms with van der Waals surface area (Å²) < 4.78 is 28.1. The highest BCUT2D eigenvalue weighted by Gasteiger charge is 2.29. The van der Waals surface area contributed by atoms with E-state index in [1.54, 1.807) is 7.05 Å². The van der Waals surface area contributed by atoms with E-state index in [0.717, 1.165) is 19.3 Å². The molecule has 0 radical (unpaired) electrons. The Morgan fingerprint density at radius 1 is 1.41 bits per heavy atom. The van der Waals surface area contributed by atoms with Gasteiger partial charge in [0.05, 0.1) is 0 Å². The molecule has 1 atom stereocenters. The van der Waals surface area contributed by atoms with Crippen LogP contribution in [0.25, 0.3) is 0 Å². The molecule has 6 heteroatoms. The highest BCUT2D eigenvalue weighted by atomic mass is 32.2. The number of nitrogens with one attached hydrogen (secondary N) is 1. The van der Waals surface area contributed by atoms with Gasteiger partial charge >= 0.3 is 0 Å². The van der Waals surface area contributed by atoms with Gasteiger partial charge in [-0.3, -0.25) is 0 Å². The molecule has 0 saturated heterocycles. The summed E-state index contributed by atoms with van der Waals surface area (Å²) in [5, 5.41) is 0. The fourth-order valence-electron chi connectivity index (χ4n) is 1.82. The van der Waals surface area contributed by atoms with Crippen LogP contribution in [0.4, 0.5) is 0 Å². The monoisotopic (exact) mass is 263 g/mol. The molecular formula is C11H25N3O2S. The third-order valence-electron chi connectivity index (χ3n) is 2.98. The molecule has 5 nitrogen and oxygen atoms in total. The molecule has 0 aromatic carbocycles. The summed E-state index contributed by atoms with van der Waals surface area (Å²) in [5.41, 5.74) is 5.60. The molecule has 0 heterocycles. The first-order valence-electron chi connectivity index (χ1n) is 6.28. The van der Waals surface area contributed by atoms with E-state index in [1.165, 1.54) is 4.31 Å². The quantitative estimate of drug-likeness (QED) is 0.671. The van der Waals surface area contributed by atoms with Gasteiger partial charge in [0, 0.05) is 26.2 Å². The maximum Gasteiger partial charge on any atom is 0.279 e. The Balaban J connectivity index is 2.49. The fraction of sp³-hybridized carbons (Fsp3) is 1.00. The molecule has 0 aliphatic heterocycles. The van der Waals surface area contributed by atoms with Crippen molar-refractivity contribution in [2.75, 3.05) is 20.1 Å². The van der Waals surface area contributed by atoms with Gasteiger partial charge in [-0.15, -0.1) is 0 Å². The maximum absolute atomic E-state index is 12.0. The van der Waals surface area contributed by atoms with E-state index in [1.807, 2.05) is 0 Å². The van der Waals surface area contributed by atoms with E-state index in [9.17, 15) is 8.42 Å². The minimum Gasteiger partial charge on any atom is -0.329 e. The van der Waals surface area contributed by atoms with Gasteiger partial charge in [0.2, 0.25) is 0 Å². The second kappa shape index (κ2) is 6.13. The van der Waals surface area contributed by atoms with Crippen LogP contribution >= 0.6 is 0 Å². The second-order valence-corrected chi connectivity index (χ2v) is 7.22. The van der Waals surface area contributed by atoms with E-state index in [-0.39, 0.29) is 6.04 Å². The zero-order valence-corrected chi connectivity index (χ0v) is 11.8. The molecule has 1 aliphatic rings. The summed E-state index contributed by atoms with van der Waals surface area (Å²) in [6.07, 6.45) is 3.06. The Hall–Kier alpha value is -0.170. The molecule has 102 valence electrons. The van der Waals surface area contributed by atoms with Crippen LogP contribution in [0.5, 0.6) is 0 Å². The molecule has 0 spiro atoms. The topological polar surface area (TPSA) is 75.4 Å².